The molecule has 0 fully saturated rings. The van der Waals surface area contributed by atoms with Gasteiger partial charge in [0.15, 0.2) is 16.6 Å². The number of nitrogens with one attached hydrogen (secondary N) is 2. The van der Waals surface area contributed by atoms with Crippen LogP contribution in [0.1, 0.15) is 12.5 Å². The van der Waals surface area contributed by atoms with E-state index in [0.717, 1.165) is 22.6 Å². The van der Waals surface area contributed by atoms with Gasteiger partial charge in [-0.05, 0) is 72.8 Å². The summed E-state index contributed by atoms with van der Waals surface area (Å²) in [7, 11) is 3.12. The fourth-order valence-electron chi connectivity index (χ4n) is 2.29. The number of benzene rings is 2. The summed E-state index contributed by atoms with van der Waals surface area (Å²) in [5.41, 5.74) is 2.47. The van der Waals surface area contributed by atoms with E-state index in [2.05, 4.69) is 17.2 Å². The minimum Gasteiger partial charge on any atom is -0.493 e. The second kappa shape index (κ2) is 10.9. The van der Waals surface area contributed by atoms with Crippen molar-refractivity contribution in [3.8, 4) is 17.2 Å². The summed E-state index contributed by atoms with van der Waals surface area (Å²) in [6, 6.07) is 12.6. The molecule has 6 nitrogen and oxygen atoms in total. The van der Waals surface area contributed by atoms with Crippen molar-refractivity contribution in [1.29, 1.82) is 0 Å². The Hall–Kier alpha value is -3.32. The maximum atomic E-state index is 12.1. The average molecular weight is 413 g/mol. The molecule has 0 spiro atoms. The number of amides is 1. The second-order valence-electron chi connectivity index (χ2n) is 6.16. The average Bonchev–Trinajstić information content (AvgIpc) is 2.71. The lowest BCUT2D eigenvalue weighted by atomic mass is 10.2. The lowest BCUT2D eigenvalue weighted by Gasteiger charge is -2.10. The van der Waals surface area contributed by atoms with Crippen molar-refractivity contribution in [3.05, 3.63) is 66.3 Å². The van der Waals surface area contributed by atoms with Gasteiger partial charge in [0.05, 0.1) is 14.2 Å². The topological polar surface area (TPSA) is 68.8 Å². The highest BCUT2D eigenvalue weighted by atomic mass is 32.1. The van der Waals surface area contributed by atoms with Crippen LogP contribution in [0, 0.1) is 0 Å². The fraction of sp³-hybridized carbons (Fsp3) is 0.182. The first kappa shape index (κ1) is 22.0. The number of carbonyl (C=O) groups excluding carboxylic acids is 1. The number of hydrogen-bond acceptors (Lipinski definition) is 5. The van der Waals surface area contributed by atoms with Crippen LogP contribution in [0.5, 0.6) is 17.2 Å². The molecule has 0 aliphatic carbocycles. The third kappa shape index (κ3) is 7.31. The summed E-state index contributed by atoms with van der Waals surface area (Å²) in [6.07, 6.45) is 3.05. The quantitative estimate of drug-likeness (QED) is 0.385. The molecule has 2 aromatic carbocycles. The largest absolute Gasteiger partial charge is 0.493 e. The van der Waals surface area contributed by atoms with Crippen molar-refractivity contribution in [1.82, 2.24) is 5.32 Å². The van der Waals surface area contributed by atoms with E-state index in [1.165, 1.54) is 6.08 Å². The molecule has 0 saturated heterocycles. The Bertz CT molecular complexity index is 908. The third-order valence-corrected chi connectivity index (χ3v) is 3.87. The van der Waals surface area contributed by atoms with Gasteiger partial charge in [-0.1, -0.05) is 12.6 Å². The number of methoxy groups -OCH3 is 2. The van der Waals surface area contributed by atoms with Gasteiger partial charge in [0.1, 0.15) is 12.4 Å². The molecule has 7 heteroatoms. The van der Waals surface area contributed by atoms with E-state index in [9.17, 15) is 4.79 Å². The summed E-state index contributed by atoms with van der Waals surface area (Å²) in [4.78, 5) is 12.1. The van der Waals surface area contributed by atoms with Gasteiger partial charge in [-0.15, -0.1) is 0 Å². The van der Waals surface area contributed by atoms with E-state index in [0.29, 0.717) is 18.1 Å². The summed E-state index contributed by atoms with van der Waals surface area (Å²) in [6.45, 7) is 6.16. The maximum Gasteiger partial charge on any atom is 0.250 e. The Morgan fingerprint density at radius 1 is 1.10 bits per heavy atom. The van der Waals surface area contributed by atoms with Gasteiger partial charge in [-0.3, -0.25) is 10.1 Å². The molecule has 0 radical (unpaired) electrons. The van der Waals surface area contributed by atoms with E-state index >= 15 is 0 Å². The van der Waals surface area contributed by atoms with Crippen LogP contribution < -0.4 is 24.8 Å². The highest BCUT2D eigenvalue weighted by Crippen LogP contribution is 2.27. The Kier molecular flexibility index (Phi) is 8.24. The molecule has 2 N–H and O–H groups in total. The number of thiocarbonyl (C=S) groups is 1. The van der Waals surface area contributed by atoms with E-state index in [4.69, 9.17) is 26.4 Å². The zero-order chi connectivity index (χ0) is 21.2. The van der Waals surface area contributed by atoms with Crippen molar-refractivity contribution in [3.63, 3.8) is 0 Å². The maximum absolute atomic E-state index is 12.1. The van der Waals surface area contributed by atoms with Gasteiger partial charge < -0.3 is 19.5 Å². The van der Waals surface area contributed by atoms with Crippen LogP contribution in [0.3, 0.4) is 0 Å². The minimum atomic E-state index is -0.348. The van der Waals surface area contributed by atoms with Gasteiger partial charge in [0.25, 0.3) is 0 Å². The predicted molar refractivity (Wildman–Crippen MR) is 120 cm³/mol. The SMILES string of the molecule is C=C(C)COc1ccc(NC(=S)NC(=O)/C=C/c2ccc(OC)c(OC)c2)cc1. The van der Waals surface area contributed by atoms with Crippen molar-refractivity contribution in [2.75, 3.05) is 26.1 Å². The highest BCUT2D eigenvalue weighted by molar-refractivity contribution is 7.80. The summed E-state index contributed by atoms with van der Waals surface area (Å²) in [5.74, 6) is 1.59. The smallest absolute Gasteiger partial charge is 0.250 e. The van der Waals surface area contributed by atoms with Gasteiger partial charge >= 0.3 is 0 Å². The van der Waals surface area contributed by atoms with Crippen LogP contribution in [0.4, 0.5) is 5.69 Å². The Morgan fingerprint density at radius 2 is 1.79 bits per heavy atom. The molecule has 0 saturated carbocycles. The highest BCUT2D eigenvalue weighted by Gasteiger charge is 2.05. The van der Waals surface area contributed by atoms with Crippen molar-refractivity contribution < 1.29 is 19.0 Å². The van der Waals surface area contributed by atoms with Crippen molar-refractivity contribution in [2.45, 2.75) is 6.92 Å². The number of ether oxygens (including phenoxy) is 3. The zero-order valence-electron chi connectivity index (χ0n) is 16.7. The van der Waals surface area contributed by atoms with Crippen LogP contribution in [0.25, 0.3) is 6.08 Å². The molecule has 152 valence electrons. The van der Waals surface area contributed by atoms with Crippen molar-refractivity contribution in [2.24, 2.45) is 0 Å². The predicted octanol–water partition coefficient (Wildman–Crippen LogP) is 4.19. The van der Waals surface area contributed by atoms with Crippen LogP contribution in [0.2, 0.25) is 0 Å². The zero-order valence-corrected chi connectivity index (χ0v) is 17.5. The van der Waals surface area contributed by atoms with Crippen LogP contribution in [-0.2, 0) is 4.79 Å². The summed E-state index contributed by atoms with van der Waals surface area (Å²) >= 11 is 5.18. The molecular weight excluding hydrogens is 388 g/mol. The molecule has 2 aromatic rings. The molecule has 29 heavy (non-hydrogen) atoms. The molecule has 0 aliphatic rings. The summed E-state index contributed by atoms with van der Waals surface area (Å²) < 4.78 is 16.0. The molecule has 2 rings (SSSR count). The Morgan fingerprint density at radius 3 is 2.41 bits per heavy atom. The number of hydrogen-bond donors (Lipinski definition) is 2. The normalized spacial score (nSPS) is 10.3. The first-order valence-corrected chi connectivity index (χ1v) is 9.21. The van der Waals surface area contributed by atoms with E-state index in [-0.39, 0.29) is 11.0 Å². The lowest BCUT2D eigenvalue weighted by Crippen LogP contribution is -2.32. The molecule has 0 atom stereocenters. The number of carbonyl (C=O) groups is 1. The van der Waals surface area contributed by atoms with Gasteiger partial charge in [0, 0.05) is 11.8 Å². The molecule has 0 heterocycles. The van der Waals surface area contributed by atoms with Gasteiger partial charge in [0.2, 0.25) is 5.91 Å². The van der Waals surface area contributed by atoms with Crippen LogP contribution >= 0.6 is 12.2 Å². The standard InChI is InChI=1S/C22H24N2O4S/c1-15(2)14-28-18-9-7-17(8-10-18)23-22(29)24-21(25)12-6-16-5-11-19(26-3)20(13-16)27-4/h5-13H,1,14H2,2-4H3,(H2,23,24,25,29)/b12-6+. The van der Waals surface area contributed by atoms with E-state index in [1.54, 1.807) is 32.4 Å². The molecule has 0 unspecified atom stereocenters. The molecule has 0 bridgehead atoms. The molecular formula is C22H24N2O4S. The Labute approximate surface area is 176 Å². The van der Waals surface area contributed by atoms with Crippen molar-refractivity contribution >= 4 is 35.0 Å². The van der Waals surface area contributed by atoms with Crippen LogP contribution in [0.15, 0.2) is 60.7 Å². The van der Waals surface area contributed by atoms with E-state index in [1.807, 2.05) is 37.3 Å². The fourth-order valence-corrected chi connectivity index (χ4v) is 2.50. The Balaban J connectivity index is 1.88. The van der Waals surface area contributed by atoms with Gasteiger partial charge in [-0.2, -0.15) is 0 Å². The number of anilines is 1. The molecule has 0 aromatic heterocycles. The van der Waals surface area contributed by atoms with E-state index < -0.39 is 0 Å². The number of rotatable bonds is 8. The van der Waals surface area contributed by atoms with Gasteiger partial charge in [-0.25, -0.2) is 0 Å². The second-order valence-corrected chi connectivity index (χ2v) is 6.57. The third-order valence-electron chi connectivity index (χ3n) is 3.67. The molecule has 0 aliphatic heterocycles. The monoisotopic (exact) mass is 412 g/mol. The summed E-state index contributed by atoms with van der Waals surface area (Å²) in [5, 5.41) is 5.75. The first-order valence-electron chi connectivity index (χ1n) is 8.80. The molecule has 1 amide bonds. The lowest BCUT2D eigenvalue weighted by molar-refractivity contribution is -0.115. The van der Waals surface area contributed by atoms with Crippen LogP contribution in [-0.4, -0.2) is 31.8 Å². The minimum absolute atomic E-state index is 0.197. The first-order chi connectivity index (χ1) is 13.9.